The van der Waals surface area contributed by atoms with Crippen LogP contribution in [0.1, 0.15) is 48.8 Å². The van der Waals surface area contributed by atoms with Crippen molar-refractivity contribution in [3.05, 3.63) is 78.2 Å². The van der Waals surface area contributed by atoms with Gasteiger partial charge in [0.05, 0.1) is 17.5 Å². The Bertz CT molecular complexity index is 1440. The second-order valence-electron chi connectivity index (χ2n) is 11.4. The fourth-order valence-corrected chi connectivity index (χ4v) is 6.04. The summed E-state index contributed by atoms with van der Waals surface area (Å²) in [7, 11) is 0. The molecule has 6 N–H and O–H groups in total. The first-order valence-corrected chi connectivity index (χ1v) is 14.8. The maximum atomic E-state index is 11.0. The van der Waals surface area contributed by atoms with Gasteiger partial charge >= 0.3 is 0 Å². The summed E-state index contributed by atoms with van der Waals surface area (Å²) in [4.78, 5) is 8.70. The number of benzene rings is 2. The molecule has 0 radical (unpaired) electrons. The molecule has 0 spiro atoms. The maximum Gasteiger partial charge on any atom is 0.146 e. The van der Waals surface area contributed by atoms with Crippen LogP contribution in [-0.4, -0.2) is 63.1 Å². The van der Waals surface area contributed by atoms with Gasteiger partial charge in [0, 0.05) is 18.7 Å². The van der Waals surface area contributed by atoms with E-state index < -0.39 is 12.2 Å². The summed E-state index contributed by atoms with van der Waals surface area (Å²) >= 11 is 0. The van der Waals surface area contributed by atoms with Crippen molar-refractivity contribution in [3.8, 4) is 11.5 Å². The lowest BCUT2D eigenvalue weighted by atomic mass is 10.1. The molecule has 2 heterocycles. The lowest BCUT2D eigenvalue weighted by Gasteiger charge is -2.19. The fraction of sp³-hybridized carbons (Fsp3) is 0.438. The van der Waals surface area contributed by atoms with Gasteiger partial charge in [0.1, 0.15) is 35.4 Å². The Morgan fingerprint density at radius 3 is 2.56 bits per heavy atom. The summed E-state index contributed by atoms with van der Waals surface area (Å²) < 4.78 is 7.97. The second kappa shape index (κ2) is 12.6. The number of aliphatic hydroxyl groups is 2. The highest BCUT2D eigenvalue weighted by Gasteiger charge is 2.43. The molecule has 4 atom stereocenters. The first kappa shape index (κ1) is 27.7. The van der Waals surface area contributed by atoms with Crippen LogP contribution in [0.15, 0.2) is 67.1 Å². The SMILES string of the molecule is Nc1ncnc2c1c(C1CC1)cn2[C@@H]1C[C@H](CNCCCNCCc2cccc(Oc3ccccc3)c2)[C@@H](O)[C@H]1O. The molecule has 2 aliphatic rings. The molecule has 0 saturated heterocycles. The summed E-state index contributed by atoms with van der Waals surface area (Å²) in [6, 6.07) is 17.8. The van der Waals surface area contributed by atoms with Crippen molar-refractivity contribution >= 4 is 16.9 Å². The number of aliphatic hydroxyl groups excluding tert-OH is 2. The Morgan fingerprint density at radius 2 is 1.73 bits per heavy atom. The van der Waals surface area contributed by atoms with Crippen molar-refractivity contribution in [2.75, 3.05) is 31.9 Å². The van der Waals surface area contributed by atoms with Crippen molar-refractivity contribution in [2.24, 2.45) is 5.92 Å². The number of rotatable bonds is 13. The summed E-state index contributed by atoms with van der Waals surface area (Å²) in [5, 5.41) is 29.7. The van der Waals surface area contributed by atoms with E-state index in [9.17, 15) is 10.2 Å². The van der Waals surface area contributed by atoms with Crippen LogP contribution < -0.4 is 21.1 Å². The minimum atomic E-state index is -0.848. The van der Waals surface area contributed by atoms with E-state index in [1.165, 1.54) is 17.5 Å². The maximum absolute atomic E-state index is 11.0. The van der Waals surface area contributed by atoms with Crippen LogP contribution in [0.2, 0.25) is 0 Å². The van der Waals surface area contributed by atoms with Crippen molar-refractivity contribution in [1.29, 1.82) is 0 Å². The van der Waals surface area contributed by atoms with Gasteiger partial charge in [-0.3, -0.25) is 0 Å². The number of nitrogens with zero attached hydrogens (tertiary/aromatic N) is 3. The third-order valence-corrected chi connectivity index (χ3v) is 8.40. The molecule has 2 fully saturated rings. The number of aromatic nitrogens is 3. The Hall–Kier alpha value is -3.50. The van der Waals surface area contributed by atoms with E-state index in [1.807, 2.05) is 47.0 Å². The topological polar surface area (TPSA) is 130 Å². The van der Waals surface area contributed by atoms with Crippen LogP contribution in [0.4, 0.5) is 5.82 Å². The van der Waals surface area contributed by atoms with Gasteiger partial charge in [-0.25, -0.2) is 9.97 Å². The summed E-state index contributed by atoms with van der Waals surface area (Å²) in [5.41, 5.74) is 9.37. The smallest absolute Gasteiger partial charge is 0.146 e. The predicted octanol–water partition coefficient (Wildman–Crippen LogP) is 3.78. The van der Waals surface area contributed by atoms with Gasteiger partial charge in [-0.05, 0) is 93.0 Å². The van der Waals surface area contributed by atoms with Crippen LogP contribution in [-0.2, 0) is 6.42 Å². The molecule has 2 aromatic carbocycles. The van der Waals surface area contributed by atoms with E-state index in [4.69, 9.17) is 10.5 Å². The highest BCUT2D eigenvalue weighted by Crippen LogP contribution is 2.46. The molecular formula is C32H40N6O3. The largest absolute Gasteiger partial charge is 0.457 e. The minimum Gasteiger partial charge on any atom is -0.457 e. The summed E-state index contributed by atoms with van der Waals surface area (Å²) in [6.45, 7) is 3.31. The van der Waals surface area contributed by atoms with Crippen molar-refractivity contribution < 1.29 is 14.9 Å². The van der Waals surface area contributed by atoms with Crippen molar-refractivity contribution in [2.45, 2.75) is 56.3 Å². The molecule has 0 bridgehead atoms. The molecular weight excluding hydrogens is 516 g/mol. The average Bonchev–Trinajstić information content (AvgIpc) is 3.70. The molecule has 6 rings (SSSR count). The third-order valence-electron chi connectivity index (χ3n) is 8.40. The van der Waals surface area contributed by atoms with Crippen LogP contribution in [0.3, 0.4) is 0 Å². The number of hydrogen-bond acceptors (Lipinski definition) is 8. The van der Waals surface area contributed by atoms with Gasteiger partial charge in [-0.1, -0.05) is 30.3 Å². The fourth-order valence-electron chi connectivity index (χ4n) is 6.04. The number of nitrogens with one attached hydrogen (secondary N) is 2. The van der Waals surface area contributed by atoms with E-state index in [0.29, 0.717) is 24.7 Å². The number of ether oxygens (including phenoxy) is 1. The van der Waals surface area contributed by atoms with E-state index in [2.05, 4.69) is 38.9 Å². The molecule has 0 unspecified atom stereocenters. The van der Waals surface area contributed by atoms with E-state index in [-0.39, 0.29) is 12.0 Å². The molecule has 4 aromatic rings. The van der Waals surface area contributed by atoms with E-state index in [1.54, 1.807) is 0 Å². The highest BCUT2D eigenvalue weighted by molar-refractivity contribution is 5.90. The monoisotopic (exact) mass is 556 g/mol. The Balaban J connectivity index is 0.925. The molecule has 41 heavy (non-hydrogen) atoms. The standard InChI is InChI=1S/C32H40N6O3/c33-31-28-26(22-10-11-22)19-38(32(28)37-20-36-31)27-17-23(29(39)30(27)40)18-35-14-5-13-34-15-12-21-6-4-9-25(16-21)41-24-7-2-1-3-8-24/h1-4,6-9,16,19-20,22-23,27,29-30,34-35,39-40H,5,10-15,17-18H2,(H2,33,36,37)/t23-,27-,29-,30+/m1/s1. The third kappa shape index (κ3) is 6.38. The lowest BCUT2D eigenvalue weighted by Crippen LogP contribution is -2.34. The second-order valence-corrected chi connectivity index (χ2v) is 11.4. The molecule has 9 nitrogen and oxygen atoms in total. The van der Waals surface area contributed by atoms with E-state index >= 15 is 0 Å². The zero-order valence-electron chi connectivity index (χ0n) is 23.3. The molecule has 216 valence electrons. The molecule has 2 saturated carbocycles. The van der Waals surface area contributed by atoms with Gasteiger partial charge in [0.2, 0.25) is 0 Å². The van der Waals surface area contributed by atoms with Gasteiger partial charge in [0.15, 0.2) is 0 Å². The van der Waals surface area contributed by atoms with Gasteiger partial charge in [0.25, 0.3) is 0 Å². The van der Waals surface area contributed by atoms with Crippen molar-refractivity contribution in [1.82, 2.24) is 25.2 Å². The predicted molar refractivity (Wildman–Crippen MR) is 160 cm³/mol. The number of fused-ring (bicyclic) bond motifs is 1. The summed E-state index contributed by atoms with van der Waals surface area (Å²) in [6.07, 6.45) is 6.80. The number of nitrogens with two attached hydrogens (primary N) is 1. The Kier molecular flexibility index (Phi) is 8.48. The number of nitrogen functional groups attached to an aromatic ring is 1. The lowest BCUT2D eigenvalue weighted by molar-refractivity contribution is 0.00692. The first-order valence-electron chi connectivity index (χ1n) is 14.8. The highest BCUT2D eigenvalue weighted by atomic mass is 16.5. The number of hydrogen-bond donors (Lipinski definition) is 5. The Labute approximate surface area is 240 Å². The van der Waals surface area contributed by atoms with Crippen LogP contribution in [0.25, 0.3) is 11.0 Å². The molecule has 9 heteroatoms. The minimum absolute atomic E-state index is 0.0330. The van der Waals surface area contributed by atoms with E-state index in [0.717, 1.165) is 67.8 Å². The van der Waals surface area contributed by atoms with Crippen LogP contribution in [0.5, 0.6) is 11.5 Å². The molecule has 0 amide bonds. The molecule has 2 aromatic heterocycles. The summed E-state index contributed by atoms with van der Waals surface area (Å²) in [5.74, 6) is 2.63. The number of anilines is 1. The average molecular weight is 557 g/mol. The zero-order valence-corrected chi connectivity index (χ0v) is 23.3. The first-order chi connectivity index (χ1) is 20.1. The normalized spacial score (nSPS) is 22.4. The van der Waals surface area contributed by atoms with Crippen molar-refractivity contribution in [3.63, 3.8) is 0 Å². The van der Waals surface area contributed by atoms with Gasteiger partial charge in [-0.2, -0.15) is 0 Å². The van der Waals surface area contributed by atoms with Gasteiger partial charge in [-0.15, -0.1) is 0 Å². The molecule has 0 aliphatic heterocycles. The number of para-hydroxylation sites is 1. The zero-order chi connectivity index (χ0) is 28.2. The van der Waals surface area contributed by atoms with Crippen LogP contribution >= 0.6 is 0 Å². The molecule has 2 aliphatic carbocycles. The van der Waals surface area contributed by atoms with Crippen LogP contribution in [0, 0.1) is 5.92 Å². The van der Waals surface area contributed by atoms with Gasteiger partial charge < -0.3 is 35.9 Å². The Morgan fingerprint density at radius 1 is 0.927 bits per heavy atom. The quantitative estimate of drug-likeness (QED) is 0.157.